The molecule has 4 rings (SSSR count). The van der Waals surface area contributed by atoms with Crippen molar-refractivity contribution in [2.45, 2.75) is 19.4 Å². The van der Waals surface area contributed by atoms with Crippen LogP contribution in [0.2, 0.25) is 0 Å². The molecule has 0 atom stereocenters. The second-order valence-electron chi connectivity index (χ2n) is 6.56. The standard InChI is InChI=1S/C19H20N6O2/c1-24-12-14(10-22-24)18-16(11-21-23-18)19(27)20-9-13-4-6-15(7-5-13)25-8-2-3-17(25)26/h4-7,10-12H,2-3,8-9H2,1H3,(H,20,27)(H,21,23). The molecule has 1 aliphatic heterocycles. The van der Waals surface area contributed by atoms with Gasteiger partial charge >= 0.3 is 0 Å². The zero-order valence-corrected chi connectivity index (χ0v) is 15.0. The van der Waals surface area contributed by atoms with Gasteiger partial charge in [-0.05, 0) is 24.1 Å². The molecular formula is C19H20N6O2. The number of benzene rings is 1. The fraction of sp³-hybridized carbons (Fsp3) is 0.263. The van der Waals surface area contributed by atoms with Gasteiger partial charge in [-0.3, -0.25) is 19.4 Å². The van der Waals surface area contributed by atoms with E-state index < -0.39 is 0 Å². The van der Waals surface area contributed by atoms with Gasteiger partial charge in [-0.2, -0.15) is 10.2 Å². The van der Waals surface area contributed by atoms with E-state index in [1.807, 2.05) is 37.5 Å². The van der Waals surface area contributed by atoms with E-state index in [4.69, 9.17) is 0 Å². The first-order valence-electron chi connectivity index (χ1n) is 8.82. The molecule has 0 unspecified atom stereocenters. The number of aromatic amines is 1. The zero-order valence-electron chi connectivity index (χ0n) is 15.0. The van der Waals surface area contributed by atoms with Crippen LogP contribution in [0.3, 0.4) is 0 Å². The minimum atomic E-state index is -0.207. The molecule has 0 saturated carbocycles. The Morgan fingerprint density at radius 3 is 2.74 bits per heavy atom. The smallest absolute Gasteiger partial charge is 0.255 e. The van der Waals surface area contributed by atoms with Gasteiger partial charge in [-0.15, -0.1) is 0 Å². The van der Waals surface area contributed by atoms with Gasteiger partial charge in [0.15, 0.2) is 0 Å². The quantitative estimate of drug-likeness (QED) is 0.722. The van der Waals surface area contributed by atoms with Crippen LogP contribution in [0.5, 0.6) is 0 Å². The van der Waals surface area contributed by atoms with Gasteiger partial charge in [0.05, 0.1) is 23.7 Å². The summed E-state index contributed by atoms with van der Waals surface area (Å²) < 4.78 is 1.67. The molecule has 8 nitrogen and oxygen atoms in total. The third kappa shape index (κ3) is 3.46. The average molecular weight is 364 g/mol. The van der Waals surface area contributed by atoms with Crippen LogP contribution in [0.1, 0.15) is 28.8 Å². The van der Waals surface area contributed by atoms with E-state index in [0.717, 1.165) is 29.8 Å². The highest BCUT2D eigenvalue weighted by atomic mass is 16.2. The number of rotatable bonds is 5. The van der Waals surface area contributed by atoms with E-state index in [0.29, 0.717) is 24.2 Å². The summed E-state index contributed by atoms with van der Waals surface area (Å²) in [5.74, 6) is -0.0413. The Labute approximate surface area is 156 Å². The lowest BCUT2D eigenvalue weighted by molar-refractivity contribution is -0.117. The maximum atomic E-state index is 12.5. The van der Waals surface area contributed by atoms with Gasteiger partial charge < -0.3 is 10.2 Å². The number of hydrogen-bond acceptors (Lipinski definition) is 4. The highest BCUT2D eigenvalue weighted by molar-refractivity contribution is 5.99. The van der Waals surface area contributed by atoms with Crippen LogP contribution in [0.15, 0.2) is 42.9 Å². The van der Waals surface area contributed by atoms with Gasteiger partial charge in [0.2, 0.25) is 5.91 Å². The molecule has 27 heavy (non-hydrogen) atoms. The molecule has 3 heterocycles. The number of amides is 2. The lowest BCUT2D eigenvalue weighted by Gasteiger charge is -2.16. The summed E-state index contributed by atoms with van der Waals surface area (Å²) in [6, 6.07) is 7.70. The van der Waals surface area contributed by atoms with E-state index in [2.05, 4.69) is 20.6 Å². The number of nitrogens with one attached hydrogen (secondary N) is 2. The van der Waals surface area contributed by atoms with Crippen molar-refractivity contribution in [1.29, 1.82) is 0 Å². The predicted octanol–water partition coefficient (Wildman–Crippen LogP) is 1.87. The minimum absolute atomic E-state index is 0.166. The Balaban J connectivity index is 1.41. The number of carbonyl (C=O) groups is 2. The lowest BCUT2D eigenvalue weighted by Crippen LogP contribution is -2.24. The third-order valence-electron chi connectivity index (χ3n) is 4.65. The zero-order chi connectivity index (χ0) is 18.8. The van der Waals surface area contributed by atoms with Crippen LogP contribution in [0.25, 0.3) is 11.3 Å². The lowest BCUT2D eigenvalue weighted by atomic mass is 10.1. The fourth-order valence-corrected chi connectivity index (χ4v) is 3.22. The maximum Gasteiger partial charge on any atom is 0.255 e. The number of carbonyl (C=O) groups excluding carboxylic acids is 2. The molecule has 2 N–H and O–H groups in total. The first kappa shape index (κ1) is 17.0. The second-order valence-corrected chi connectivity index (χ2v) is 6.56. The molecule has 3 aromatic rings. The molecule has 8 heteroatoms. The van der Waals surface area contributed by atoms with E-state index in [-0.39, 0.29) is 11.8 Å². The summed E-state index contributed by atoms with van der Waals surface area (Å²) in [6.07, 6.45) is 6.54. The molecular weight excluding hydrogens is 344 g/mol. The Bertz CT molecular complexity index is 972. The second kappa shape index (κ2) is 7.06. The maximum absolute atomic E-state index is 12.5. The normalized spacial score (nSPS) is 14.0. The largest absolute Gasteiger partial charge is 0.348 e. The molecule has 2 aromatic heterocycles. The van der Waals surface area contributed by atoms with E-state index in [9.17, 15) is 9.59 Å². The van der Waals surface area contributed by atoms with Crippen LogP contribution < -0.4 is 10.2 Å². The summed E-state index contributed by atoms with van der Waals surface area (Å²) in [7, 11) is 1.82. The average Bonchev–Trinajstić information content (AvgIpc) is 3.40. The molecule has 1 aliphatic rings. The Hall–Kier alpha value is -3.42. The summed E-state index contributed by atoms with van der Waals surface area (Å²) in [4.78, 5) is 26.2. The number of aryl methyl sites for hydroxylation is 1. The van der Waals surface area contributed by atoms with Crippen LogP contribution in [-0.2, 0) is 18.4 Å². The molecule has 0 bridgehead atoms. The molecule has 2 amide bonds. The summed E-state index contributed by atoms with van der Waals surface area (Å²) in [5.41, 5.74) is 3.79. The minimum Gasteiger partial charge on any atom is -0.348 e. The molecule has 0 spiro atoms. The van der Waals surface area contributed by atoms with Crippen molar-refractivity contribution in [2.75, 3.05) is 11.4 Å². The van der Waals surface area contributed by atoms with Gasteiger partial charge in [0.25, 0.3) is 5.91 Å². The van der Waals surface area contributed by atoms with Gasteiger partial charge in [-0.25, -0.2) is 0 Å². The van der Waals surface area contributed by atoms with E-state index >= 15 is 0 Å². The third-order valence-corrected chi connectivity index (χ3v) is 4.65. The number of anilines is 1. The Kier molecular flexibility index (Phi) is 4.45. The number of H-pyrrole nitrogens is 1. The Morgan fingerprint density at radius 1 is 1.26 bits per heavy atom. The van der Waals surface area contributed by atoms with Crippen LogP contribution >= 0.6 is 0 Å². The first-order valence-corrected chi connectivity index (χ1v) is 8.82. The topological polar surface area (TPSA) is 95.9 Å². The Morgan fingerprint density at radius 2 is 2.07 bits per heavy atom. The van der Waals surface area contributed by atoms with Crippen molar-refractivity contribution in [2.24, 2.45) is 7.05 Å². The van der Waals surface area contributed by atoms with Crippen LogP contribution in [0, 0.1) is 0 Å². The molecule has 0 radical (unpaired) electrons. The summed E-state index contributed by atoms with van der Waals surface area (Å²) in [5, 5.41) is 13.9. The van der Waals surface area contributed by atoms with Crippen molar-refractivity contribution >= 4 is 17.5 Å². The molecule has 138 valence electrons. The van der Waals surface area contributed by atoms with Crippen molar-refractivity contribution in [1.82, 2.24) is 25.3 Å². The highest BCUT2D eigenvalue weighted by Gasteiger charge is 2.21. The van der Waals surface area contributed by atoms with Gasteiger partial charge in [0.1, 0.15) is 0 Å². The number of hydrogen-bond donors (Lipinski definition) is 2. The van der Waals surface area contributed by atoms with Crippen molar-refractivity contribution < 1.29 is 9.59 Å². The van der Waals surface area contributed by atoms with Crippen molar-refractivity contribution in [3.05, 3.63) is 54.0 Å². The molecule has 1 saturated heterocycles. The fourth-order valence-electron chi connectivity index (χ4n) is 3.22. The van der Waals surface area contributed by atoms with Crippen molar-refractivity contribution in [3.63, 3.8) is 0 Å². The molecule has 1 aromatic carbocycles. The van der Waals surface area contributed by atoms with E-state index in [1.54, 1.807) is 15.8 Å². The summed E-state index contributed by atoms with van der Waals surface area (Å²) in [6.45, 7) is 1.16. The summed E-state index contributed by atoms with van der Waals surface area (Å²) >= 11 is 0. The van der Waals surface area contributed by atoms with Crippen molar-refractivity contribution in [3.8, 4) is 11.3 Å². The molecule has 1 fully saturated rings. The molecule has 0 aliphatic carbocycles. The first-order chi connectivity index (χ1) is 13.1. The SMILES string of the molecule is Cn1cc(-c2[nH]ncc2C(=O)NCc2ccc(N3CCCC3=O)cc2)cn1. The monoisotopic (exact) mass is 364 g/mol. The predicted molar refractivity (Wildman–Crippen MR) is 100.0 cm³/mol. The van der Waals surface area contributed by atoms with Gasteiger partial charge in [-0.1, -0.05) is 12.1 Å². The number of aromatic nitrogens is 4. The highest BCUT2D eigenvalue weighted by Crippen LogP contribution is 2.22. The van der Waals surface area contributed by atoms with Crippen LogP contribution in [0.4, 0.5) is 5.69 Å². The van der Waals surface area contributed by atoms with Crippen LogP contribution in [-0.4, -0.2) is 38.3 Å². The van der Waals surface area contributed by atoms with E-state index in [1.165, 1.54) is 6.20 Å². The number of nitrogens with zero attached hydrogens (tertiary/aromatic N) is 4. The van der Waals surface area contributed by atoms with Gasteiger partial charge in [0, 0.05) is 44.0 Å².